The van der Waals surface area contributed by atoms with Gasteiger partial charge in [-0.1, -0.05) is 6.92 Å². The molecule has 3 N–H and O–H groups in total. The summed E-state index contributed by atoms with van der Waals surface area (Å²) in [6.07, 6.45) is 1.86. The Morgan fingerprint density at radius 3 is 2.67 bits per heavy atom. The molecule has 1 amide bonds. The molecule has 0 aliphatic carbocycles. The summed E-state index contributed by atoms with van der Waals surface area (Å²) in [6.45, 7) is 8.29. The van der Waals surface area contributed by atoms with Crippen LogP contribution in [0.5, 0.6) is 0 Å². The van der Waals surface area contributed by atoms with Crippen molar-refractivity contribution in [3.8, 4) is 0 Å². The Labute approximate surface area is 90.5 Å². The first-order valence-corrected chi connectivity index (χ1v) is 5.30. The molecular weight excluding hydrogens is 190 g/mol. The van der Waals surface area contributed by atoms with Crippen molar-refractivity contribution in [3.63, 3.8) is 0 Å². The zero-order chi connectivity index (χ0) is 11.3. The van der Waals surface area contributed by atoms with Crippen LogP contribution in [0.25, 0.3) is 0 Å². The van der Waals surface area contributed by atoms with Crippen LogP contribution in [-0.4, -0.2) is 30.5 Å². The number of aryl methyl sites for hydroxylation is 2. The Balaban J connectivity index is 2.47. The molecule has 0 saturated carbocycles. The van der Waals surface area contributed by atoms with Gasteiger partial charge in [-0.2, -0.15) is 0 Å². The van der Waals surface area contributed by atoms with Gasteiger partial charge in [-0.15, -0.1) is 0 Å². The summed E-state index contributed by atoms with van der Waals surface area (Å²) in [4.78, 5) is 14.8. The Bertz CT molecular complexity index is 311. The summed E-state index contributed by atoms with van der Waals surface area (Å²) in [7, 11) is 0. The van der Waals surface area contributed by atoms with E-state index in [1.807, 2.05) is 27.0 Å². The molecule has 4 heteroatoms. The molecule has 1 rings (SSSR count). The number of likely N-dealkylation sites (N-methyl/N-ethyl adjacent to an activating group) is 1. The van der Waals surface area contributed by atoms with Crippen LogP contribution in [0.15, 0.2) is 6.20 Å². The average molecular weight is 209 g/mol. The van der Waals surface area contributed by atoms with Gasteiger partial charge in [0, 0.05) is 25.0 Å². The Kier molecular flexibility index (Phi) is 4.37. The molecule has 1 aromatic heterocycles. The van der Waals surface area contributed by atoms with Gasteiger partial charge < -0.3 is 15.6 Å². The second-order valence-electron chi connectivity index (χ2n) is 3.58. The van der Waals surface area contributed by atoms with E-state index in [1.165, 1.54) is 0 Å². The van der Waals surface area contributed by atoms with E-state index in [0.29, 0.717) is 6.54 Å². The second-order valence-corrected chi connectivity index (χ2v) is 3.58. The smallest absolute Gasteiger partial charge is 0.253 e. The lowest BCUT2D eigenvalue weighted by atomic mass is 10.1. The van der Waals surface area contributed by atoms with E-state index in [9.17, 15) is 4.79 Å². The van der Waals surface area contributed by atoms with Crippen molar-refractivity contribution in [2.45, 2.75) is 20.8 Å². The van der Waals surface area contributed by atoms with E-state index in [4.69, 9.17) is 0 Å². The molecule has 0 aliphatic rings. The fourth-order valence-corrected chi connectivity index (χ4v) is 1.54. The number of hydrogen-bond acceptors (Lipinski definition) is 2. The molecule has 1 aromatic rings. The Morgan fingerprint density at radius 1 is 1.40 bits per heavy atom. The molecule has 0 saturated heterocycles. The van der Waals surface area contributed by atoms with Gasteiger partial charge in [0.1, 0.15) is 0 Å². The molecule has 0 atom stereocenters. The van der Waals surface area contributed by atoms with Gasteiger partial charge in [0.25, 0.3) is 5.91 Å². The van der Waals surface area contributed by atoms with Crippen LogP contribution in [0.4, 0.5) is 0 Å². The normalized spacial score (nSPS) is 10.3. The largest absolute Gasteiger partial charge is 0.364 e. The highest BCUT2D eigenvalue weighted by Crippen LogP contribution is 2.11. The lowest BCUT2D eigenvalue weighted by molar-refractivity contribution is 0.0953. The number of H-pyrrole nitrogens is 1. The van der Waals surface area contributed by atoms with Gasteiger partial charge in [0.15, 0.2) is 0 Å². The number of nitrogens with one attached hydrogen (secondary N) is 3. The Hall–Kier alpha value is -1.29. The first kappa shape index (κ1) is 11.8. The number of hydrogen-bond donors (Lipinski definition) is 3. The minimum Gasteiger partial charge on any atom is -0.364 e. The summed E-state index contributed by atoms with van der Waals surface area (Å²) in [5, 5.41) is 6.04. The van der Waals surface area contributed by atoms with E-state index < -0.39 is 0 Å². The third-order valence-electron chi connectivity index (χ3n) is 2.34. The molecular formula is C11H19N3O. The second kappa shape index (κ2) is 5.56. The number of aromatic nitrogens is 1. The Morgan fingerprint density at radius 2 is 2.13 bits per heavy atom. The van der Waals surface area contributed by atoms with Crippen molar-refractivity contribution in [2.75, 3.05) is 19.6 Å². The number of carbonyl (C=O) groups is 1. The molecule has 0 bridgehead atoms. The van der Waals surface area contributed by atoms with Crippen molar-refractivity contribution in [3.05, 3.63) is 23.0 Å². The van der Waals surface area contributed by atoms with Crippen LogP contribution >= 0.6 is 0 Å². The maximum Gasteiger partial charge on any atom is 0.253 e. The monoisotopic (exact) mass is 209 g/mol. The molecule has 4 nitrogen and oxygen atoms in total. The molecule has 1 heterocycles. The van der Waals surface area contributed by atoms with Crippen molar-refractivity contribution >= 4 is 5.91 Å². The zero-order valence-electron chi connectivity index (χ0n) is 9.61. The van der Waals surface area contributed by atoms with Gasteiger partial charge in [0.05, 0.1) is 5.56 Å². The molecule has 0 spiro atoms. The summed E-state index contributed by atoms with van der Waals surface area (Å²) in [5.41, 5.74) is 2.69. The first-order valence-electron chi connectivity index (χ1n) is 5.30. The summed E-state index contributed by atoms with van der Waals surface area (Å²) in [5.74, 6) is 0.00385. The van der Waals surface area contributed by atoms with Gasteiger partial charge in [-0.05, 0) is 26.0 Å². The fourth-order valence-electron chi connectivity index (χ4n) is 1.54. The van der Waals surface area contributed by atoms with E-state index in [2.05, 4.69) is 15.6 Å². The summed E-state index contributed by atoms with van der Waals surface area (Å²) in [6, 6.07) is 0. The van der Waals surface area contributed by atoms with Gasteiger partial charge in [-0.3, -0.25) is 4.79 Å². The van der Waals surface area contributed by atoms with Crippen molar-refractivity contribution in [1.82, 2.24) is 15.6 Å². The SMILES string of the molecule is CCNCCNC(=O)c1c(C)c[nH]c1C. The minimum absolute atomic E-state index is 0.00385. The number of aromatic amines is 1. The van der Waals surface area contributed by atoms with E-state index in [-0.39, 0.29) is 5.91 Å². The summed E-state index contributed by atoms with van der Waals surface area (Å²) >= 11 is 0. The van der Waals surface area contributed by atoms with Gasteiger partial charge in [0.2, 0.25) is 0 Å². The van der Waals surface area contributed by atoms with Crippen molar-refractivity contribution < 1.29 is 4.79 Å². The highest BCUT2D eigenvalue weighted by Gasteiger charge is 2.12. The number of amides is 1. The molecule has 0 aromatic carbocycles. The van der Waals surface area contributed by atoms with Crippen LogP contribution in [-0.2, 0) is 0 Å². The highest BCUT2D eigenvalue weighted by molar-refractivity contribution is 5.96. The maximum absolute atomic E-state index is 11.8. The lowest BCUT2D eigenvalue weighted by Gasteiger charge is -2.06. The fraction of sp³-hybridized carbons (Fsp3) is 0.545. The molecule has 15 heavy (non-hydrogen) atoms. The lowest BCUT2D eigenvalue weighted by Crippen LogP contribution is -2.32. The van der Waals surface area contributed by atoms with Crippen LogP contribution in [0.2, 0.25) is 0 Å². The third kappa shape index (κ3) is 3.09. The average Bonchev–Trinajstić information content (AvgIpc) is 2.53. The topological polar surface area (TPSA) is 56.9 Å². The predicted octanol–water partition coefficient (Wildman–Crippen LogP) is 0.971. The zero-order valence-corrected chi connectivity index (χ0v) is 9.61. The van der Waals surface area contributed by atoms with Gasteiger partial charge in [-0.25, -0.2) is 0 Å². The van der Waals surface area contributed by atoms with E-state index in [0.717, 1.165) is 29.9 Å². The minimum atomic E-state index is 0.00385. The standard InChI is InChI=1S/C11H19N3O/c1-4-12-5-6-13-11(15)10-8(2)7-14-9(10)3/h7,12,14H,4-6H2,1-3H3,(H,13,15). The van der Waals surface area contributed by atoms with Crippen LogP contribution in [0, 0.1) is 13.8 Å². The molecule has 0 fully saturated rings. The van der Waals surface area contributed by atoms with Crippen LogP contribution in [0.1, 0.15) is 28.5 Å². The third-order valence-corrected chi connectivity index (χ3v) is 2.34. The molecule has 0 radical (unpaired) electrons. The number of carbonyl (C=O) groups excluding carboxylic acids is 1. The highest BCUT2D eigenvalue weighted by atomic mass is 16.1. The molecule has 0 aliphatic heterocycles. The van der Waals surface area contributed by atoms with E-state index >= 15 is 0 Å². The first-order chi connectivity index (χ1) is 7.16. The van der Waals surface area contributed by atoms with Gasteiger partial charge >= 0.3 is 0 Å². The quantitative estimate of drug-likeness (QED) is 0.633. The van der Waals surface area contributed by atoms with Crippen LogP contribution in [0.3, 0.4) is 0 Å². The predicted molar refractivity (Wildman–Crippen MR) is 61.1 cm³/mol. The maximum atomic E-state index is 11.8. The van der Waals surface area contributed by atoms with Crippen molar-refractivity contribution in [1.29, 1.82) is 0 Å². The molecule has 0 unspecified atom stereocenters. The summed E-state index contributed by atoms with van der Waals surface area (Å²) < 4.78 is 0. The van der Waals surface area contributed by atoms with Crippen LogP contribution < -0.4 is 10.6 Å². The number of rotatable bonds is 5. The molecule has 84 valence electrons. The van der Waals surface area contributed by atoms with E-state index in [1.54, 1.807) is 0 Å². The van der Waals surface area contributed by atoms with Crippen molar-refractivity contribution in [2.24, 2.45) is 0 Å².